The first-order valence-electron chi connectivity index (χ1n) is 4.56. The molecule has 1 atom stereocenters. The van der Waals surface area contributed by atoms with E-state index in [1.165, 1.54) is 6.07 Å². The minimum Gasteiger partial charge on any atom is -0.479 e. The molecule has 0 aliphatic heterocycles. The fourth-order valence-electron chi connectivity index (χ4n) is 1.08. The molecule has 86 valence electrons. The lowest BCUT2D eigenvalue weighted by Gasteiger charge is -2.08. The Balaban J connectivity index is 2.60. The molecule has 5 N–H and O–H groups in total. The highest BCUT2D eigenvalue weighted by molar-refractivity contribution is 5.99. The molecule has 6 nitrogen and oxygen atoms in total. The normalized spacial score (nSPS) is 11.8. The number of aliphatic hydroxyl groups is 1. The number of carbonyl (C=O) groups excluding carboxylic acids is 1. The predicted molar refractivity (Wildman–Crippen MR) is 56.8 cm³/mol. The molecule has 0 aliphatic carbocycles. The van der Waals surface area contributed by atoms with Gasteiger partial charge in [-0.1, -0.05) is 12.1 Å². The number of rotatable bonds is 4. The molecule has 1 rings (SSSR count). The van der Waals surface area contributed by atoms with Gasteiger partial charge in [0.2, 0.25) is 0 Å². The van der Waals surface area contributed by atoms with Crippen LogP contribution in [0.4, 0.5) is 5.69 Å². The van der Waals surface area contributed by atoms with Crippen LogP contribution < -0.4 is 11.1 Å². The van der Waals surface area contributed by atoms with Crippen LogP contribution in [0.15, 0.2) is 24.3 Å². The third-order valence-corrected chi connectivity index (χ3v) is 1.95. The van der Waals surface area contributed by atoms with E-state index in [2.05, 4.69) is 5.32 Å². The van der Waals surface area contributed by atoms with Gasteiger partial charge in [0.25, 0.3) is 5.91 Å². The highest BCUT2D eigenvalue weighted by atomic mass is 16.4. The van der Waals surface area contributed by atoms with E-state index in [0.717, 1.165) is 0 Å². The summed E-state index contributed by atoms with van der Waals surface area (Å²) in [5, 5.41) is 19.6. The molecule has 1 unspecified atom stereocenters. The van der Waals surface area contributed by atoms with Crippen molar-refractivity contribution in [2.24, 2.45) is 0 Å². The number of anilines is 1. The maximum Gasteiger partial charge on any atom is 0.334 e. The molecule has 0 aromatic heterocycles. The standard InChI is InChI=1S/C10H12N2O4/c11-7-4-2-1-3-6(7)9(14)12-5-8(13)10(15)16/h1-4,8,13H,5,11H2,(H,12,14)(H,15,16). The van der Waals surface area contributed by atoms with Crippen LogP contribution in [0.25, 0.3) is 0 Å². The molecule has 6 heteroatoms. The monoisotopic (exact) mass is 224 g/mol. The van der Waals surface area contributed by atoms with E-state index >= 15 is 0 Å². The molecule has 1 amide bonds. The van der Waals surface area contributed by atoms with Crippen LogP contribution in [0.1, 0.15) is 10.4 Å². The fraction of sp³-hybridized carbons (Fsp3) is 0.200. The Hall–Kier alpha value is -2.08. The molecule has 1 aromatic carbocycles. The molecule has 16 heavy (non-hydrogen) atoms. The Bertz CT molecular complexity index is 406. The number of carboxylic acids is 1. The van der Waals surface area contributed by atoms with Crippen LogP contribution >= 0.6 is 0 Å². The van der Waals surface area contributed by atoms with Crippen LogP contribution in [0.3, 0.4) is 0 Å². The molecule has 0 bridgehead atoms. The lowest BCUT2D eigenvalue weighted by atomic mass is 10.1. The zero-order valence-corrected chi connectivity index (χ0v) is 8.38. The van der Waals surface area contributed by atoms with E-state index < -0.39 is 18.0 Å². The largest absolute Gasteiger partial charge is 0.479 e. The first-order valence-corrected chi connectivity index (χ1v) is 4.56. The van der Waals surface area contributed by atoms with E-state index in [-0.39, 0.29) is 12.1 Å². The van der Waals surface area contributed by atoms with Crippen LogP contribution in [0, 0.1) is 0 Å². The van der Waals surface area contributed by atoms with Crippen LogP contribution in [0.5, 0.6) is 0 Å². The van der Waals surface area contributed by atoms with Crippen LogP contribution in [-0.2, 0) is 4.79 Å². The van der Waals surface area contributed by atoms with E-state index in [1.54, 1.807) is 18.2 Å². The number of carbonyl (C=O) groups is 2. The molecule has 0 spiro atoms. The summed E-state index contributed by atoms with van der Waals surface area (Å²) in [5.41, 5.74) is 6.09. The van der Waals surface area contributed by atoms with Gasteiger partial charge in [-0.25, -0.2) is 4.79 Å². The number of aliphatic hydroxyl groups excluding tert-OH is 1. The molecular weight excluding hydrogens is 212 g/mol. The van der Waals surface area contributed by atoms with Crippen molar-refractivity contribution in [1.29, 1.82) is 0 Å². The molecule has 0 saturated carbocycles. The van der Waals surface area contributed by atoms with Gasteiger partial charge in [0, 0.05) is 5.69 Å². The third kappa shape index (κ3) is 2.96. The SMILES string of the molecule is Nc1ccccc1C(=O)NCC(O)C(=O)O. The number of aliphatic carboxylic acids is 1. The second-order valence-electron chi connectivity index (χ2n) is 3.15. The van der Waals surface area contributed by atoms with Crippen LogP contribution in [-0.4, -0.2) is 34.7 Å². The summed E-state index contributed by atoms with van der Waals surface area (Å²) in [5.74, 6) is -1.90. The molecule has 0 heterocycles. The molecule has 0 saturated heterocycles. The van der Waals surface area contributed by atoms with Crippen molar-refractivity contribution < 1.29 is 19.8 Å². The maximum atomic E-state index is 11.5. The van der Waals surface area contributed by atoms with Gasteiger partial charge in [-0.05, 0) is 12.1 Å². The molecule has 1 aromatic rings. The average molecular weight is 224 g/mol. The number of hydrogen-bond acceptors (Lipinski definition) is 4. The van der Waals surface area contributed by atoms with Gasteiger partial charge in [-0.3, -0.25) is 4.79 Å². The number of hydrogen-bond donors (Lipinski definition) is 4. The van der Waals surface area contributed by atoms with Gasteiger partial charge in [0.15, 0.2) is 6.10 Å². The molecule has 0 fully saturated rings. The highest BCUT2D eigenvalue weighted by Gasteiger charge is 2.15. The van der Waals surface area contributed by atoms with E-state index in [9.17, 15) is 9.59 Å². The minimum atomic E-state index is -1.62. The fourth-order valence-corrected chi connectivity index (χ4v) is 1.08. The first-order chi connectivity index (χ1) is 7.52. The Morgan fingerprint density at radius 2 is 2.00 bits per heavy atom. The average Bonchev–Trinajstić information content (AvgIpc) is 2.25. The third-order valence-electron chi connectivity index (χ3n) is 1.95. The zero-order chi connectivity index (χ0) is 12.1. The van der Waals surface area contributed by atoms with Crippen molar-refractivity contribution in [3.05, 3.63) is 29.8 Å². The van der Waals surface area contributed by atoms with Gasteiger partial charge in [-0.15, -0.1) is 0 Å². The first kappa shape index (κ1) is 12.0. The van der Waals surface area contributed by atoms with Crippen molar-refractivity contribution in [2.75, 3.05) is 12.3 Å². The van der Waals surface area contributed by atoms with Gasteiger partial charge in [-0.2, -0.15) is 0 Å². The number of benzene rings is 1. The Labute approximate surface area is 91.7 Å². The minimum absolute atomic E-state index is 0.250. The number of carboxylic acid groups (broad SMARTS) is 1. The number of nitrogens with one attached hydrogen (secondary N) is 1. The molecule has 0 radical (unpaired) electrons. The van der Waals surface area contributed by atoms with Crippen molar-refractivity contribution in [3.8, 4) is 0 Å². The summed E-state index contributed by atoms with van der Waals surface area (Å²) in [6, 6.07) is 6.39. The number of para-hydroxylation sites is 1. The van der Waals surface area contributed by atoms with Crippen molar-refractivity contribution in [3.63, 3.8) is 0 Å². The maximum absolute atomic E-state index is 11.5. The Kier molecular flexibility index (Phi) is 3.84. The summed E-state index contributed by atoms with van der Waals surface area (Å²) >= 11 is 0. The topological polar surface area (TPSA) is 113 Å². The summed E-state index contributed by atoms with van der Waals surface area (Å²) in [7, 11) is 0. The van der Waals surface area contributed by atoms with Gasteiger partial charge < -0.3 is 21.3 Å². The van der Waals surface area contributed by atoms with Crippen molar-refractivity contribution >= 4 is 17.6 Å². The zero-order valence-electron chi connectivity index (χ0n) is 8.38. The number of nitrogens with two attached hydrogens (primary N) is 1. The van der Waals surface area contributed by atoms with E-state index in [4.69, 9.17) is 15.9 Å². The highest BCUT2D eigenvalue weighted by Crippen LogP contribution is 2.09. The summed E-state index contributed by atoms with van der Waals surface area (Å²) in [6.07, 6.45) is -1.62. The lowest BCUT2D eigenvalue weighted by molar-refractivity contribution is -0.146. The predicted octanol–water partition coefficient (Wildman–Crippen LogP) is -0.556. The van der Waals surface area contributed by atoms with E-state index in [1.807, 2.05) is 0 Å². The quantitative estimate of drug-likeness (QED) is 0.512. The lowest BCUT2D eigenvalue weighted by Crippen LogP contribution is -2.36. The second-order valence-corrected chi connectivity index (χ2v) is 3.15. The smallest absolute Gasteiger partial charge is 0.334 e. The van der Waals surface area contributed by atoms with Crippen molar-refractivity contribution in [2.45, 2.75) is 6.10 Å². The van der Waals surface area contributed by atoms with Gasteiger partial charge in [0.1, 0.15) is 0 Å². The summed E-state index contributed by atoms with van der Waals surface area (Å²) in [4.78, 5) is 21.8. The Morgan fingerprint density at radius 1 is 1.38 bits per heavy atom. The molecular formula is C10H12N2O4. The second kappa shape index (κ2) is 5.13. The van der Waals surface area contributed by atoms with E-state index in [0.29, 0.717) is 5.69 Å². The van der Waals surface area contributed by atoms with Gasteiger partial charge >= 0.3 is 5.97 Å². The van der Waals surface area contributed by atoms with Gasteiger partial charge in [0.05, 0.1) is 12.1 Å². The van der Waals surface area contributed by atoms with Crippen LogP contribution in [0.2, 0.25) is 0 Å². The number of nitrogen functional groups attached to an aromatic ring is 1. The Morgan fingerprint density at radius 3 is 2.56 bits per heavy atom. The summed E-state index contributed by atoms with van der Waals surface area (Å²) in [6.45, 7) is -0.359. The summed E-state index contributed by atoms with van der Waals surface area (Å²) < 4.78 is 0. The van der Waals surface area contributed by atoms with Crippen molar-refractivity contribution in [1.82, 2.24) is 5.32 Å². The molecule has 0 aliphatic rings. The number of amides is 1.